The molecule has 2 saturated heterocycles. The van der Waals surface area contributed by atoms with E-state index >= 15 is 0 Å². The van der Waals surface area contributed by atoms with Crippen LogP contribution in [-0.4, -0.2) is 43.6 Å². The Bertz CT molecular complexity index is 763. The van der Waals surface area contributed by atoms with E-state index in [1.807, 2.05) is 0 Å². The quantitative estimate of drug-likeness (QED) is 0.436. The SMILES string of the molecule is Cl.Cl.O=C1CCC(c2ccc(CCCCN3CCN(c4ccccc4)CC3)cc2)O1. The average molecular weight is 451 g/mol. The molecule has 0 N–H and O–H groups in total. The van der Waals surface area contributed by atoms with E-state index in [2.05, 4.69) is 64.4 Å². The van der Waals surface area contributed by atoms with Crippen molar-refractivity contribution in [3.05, 3.63) is 65.7 Å². The summed E-state index contributed by atoms with van der Waals surface area (Å²) in [7, 11) is 0. The second kappa shape index (κ2) is 12.2. The van der Waals surface area contributed by atoms with Crippen LogP contribution in [0.25, 0.3) is 0 Å². The molecule has 2 aliphatic rings. The lowest BCUT2D eigenvalue weighted by Gasteiger charge is -2.36. The Kier molecular flexibility index (Phi) is 9.96. The molecule has 2 fully saturated rings. The first-order valence-electron chi connectivity index (χ1n) is 10.6. The molecule has 2 heterocycles. The zero-order chi connectivity index (χ0) is 19.2. The summed E-state index contributed by atoms with van der Waals surface area (Å²) in [6, 6.07) is 19.4. The van der Waals surface area contributed by atoms with Crippen molar-refractivity contribution in [1.29, 1.82) is 0 Å². The van der Waals surface area contributed by atoms with Gasteiger partial charge in [-0.3, -0.25) is 9.69 Å². The average Bonchev–Trinajstić information content (AvgIpc) is 3.19. The molecule has 30 heavy (non-hydrogen) atoms. The molecule has 2 aliphatic heterocycles. The second-order valence-electron chi connectivity index (χ2n) is 7.88. The zero-order valence-corrected chi connectivity index (χ0v) is 19.0. The van der Waals surface area contributed by atoms with Crippen molar-refractivity contribution in [3.8, 4) is 0 Å². The Morgan fingerprint density at radius 3 is 2.20 bits per heavy atom. The van der Waals surface area contributed by atoms with Crippen molar-refractivity contribution in [2.24, 2.45) is 0 Å². The summed E-state index contributed by atoms with van der Waals surface area (Å²) in [6.07, 6.45) is 4.91. The molecule has 0 saturated carbocycles. The first kappa shape index (κ1) is 24.5. The van der Waals surface area contributed by atoms with Crippen molar-refractivity contribution in [3.63, 3.8) is 0 Å². The molecule has 4 nitrogen and oxygen atoms in total. The van der Waals surface area contributed by atoms with Crippen LogP contribution in [0.15, 0.2) is 54.6 Å². The molecule has 0 amide bonds. The summed E-state index contributed by atoms with van der Waals surface area (Å²) in [6.45, 7) is 5.75. The van der Waals surface area contributed by atoms with E-state index in [1.165, 1.54) is 30.6 Å². The number of hydrogen-bond acceptors (Lipinski definition) is 4. The molecule has 2 aromatic rings. The number of unbranched alkanes of at least 4 members (excludes halogenated alkanes) is 1. The van der Waals surface area contributed by atoms with Gasteiger partial charge in [0.2, 0.25) is 0 Å². The van der Waals surface area contributed by atoms with Gasteiger partial charge in [-0.1, -0.05) is 42.5 Å². The fourth-order valence-electron chi connectivity index (χ4n) is 4.19. The molecule has 0 bridgehead atoms. The summed E-state index contributed by atoms with van der Waals surface area (Å²) >= 11 is 0. The van der Waals surface area contributed by atoms with Crippen molar-refractivity contribution in [2.45, 2.75) is 38.2 Å². The summed E-state index contributed by atoms with van der Waals surface area (Å²) in [5.74, 6) is -0.0707. The van der Waals surface area contributed by atoms with Crippen molar-refractivity contribution < 1.29 is 9.53 Å². The Labute approximate surface area is 192 Å². The van der Waals surface area contributed by atoms with Gasteiger partial charge in [0.15, 0.2) is 0 Å². The maximum absolute atomic E-state index is 11.3. The maximum atomic E-state index is 11.3. The zero-order valence-electron chi connectivity index (χ0n) is 17.4. The normalized spacial score (nSPS) is 19.0. The molecular formula is C24H32Cl2N2O2. The third-order valence-electron chi connectivity index (χ3n) is 5.92. The van der Waals surface area contributed by atoms with Gasteiger partial charge >= 0.3 is 5.97 Å². The van der Waals surface area contributed by atoms with Gasteiger partial charge in [-0.05, 0) is 55.5 Å². The largest absolute Gasteiger partial charge is 0.457 e. The maximum Gasteiger partial charge on any atom is 0.306 e. The molecule has 1 atom stereocenters. The third-order valence-corrected chi connectivity index (χ3v) is 5.92. The molecule has 4 rings (SSSR count). The van der Waals surface area contributed by atoms with E-state index in [0.717, 1.165) is 44.6 Å². The van der Waals surface area contributed by atoms with Crippen LogP contribution in [0.3, 0.4) is 0 Å². The minimum atomic E-state index is -0.0707. The van der Waals surface area contributed by atoms with Gasteiger partial charge in [-0.15, -0.1) is 24.8 Å². The van der Waals surface area contributed by atoms with Crippen LogP contribution in [0.5, 0.6) is 0 Å². The Morgan fingerprint density at radius 1 is 0.867 bits per heavy atom. The molecule has 6 heteroatoms. The number of cyclic esters (lactones) is 1. The molecule has 0 aromatic heterocycles. The van der Waals surface area contributed by atoms with E-state index in [9.17, 15) is 4.79 Å². The number of ether oxygens (including phenoxy) is 1. The number of piperazine rings is 1. The lowest BCUT2D eigenvalue weighted by Crippen LogP contribution is -2.46. The van der Waals surface area contributed by atoms with Gasteiger partial charge in [0.25, 0.3) is 0 Å². The van der Waals surface area contributed by atoms with Gasteiger partial charge in [-0.2, -0.15) is 0 Å². The Hall–Kier alpha value is -1.75. The van der Waals surface area contributed by atoms with Gasteiger partial charge in [0.1, 0.15) is 6.10 Å². The fourth-order valence-corrected chi connectivity index (χ4v) is 4.19. The standard InChI is InChI=1S/C24H30N2O2.2ClH/c27-24-14-13-23(28-24)21-11-9-20(10-12-21)6-4-5-15-25-16-18-26(19-17-25)22-7-2-1-3-8-22;;/h1-3,7-12,23H,4-6,13-19H2;2*1H. The van der Waals surface area contributed by atoms with Crippen LogP contribution in [0.1, 0.15) is 42.9 Å². The molecule has 164 valence electrons. The first-order valence-corrected chi connectivity index (χ1v) is 10.6. The highest BCUT2D eigenvalue weighted by Crippen LogP contribution is 2.29. The second-order valence-corrected chi connectivity index (χ2v) is 7.88. The Balaban J connectivity index is 0.00000160. The lowest BCUT2D eigenvalue weighted by atomic mass is 10.0. The third kappa shape index (κ3) is 6.63. The highest BCUT2D eigenvalue weighted by atomic mass is 35.5. The fraction of sp³-hybridized carbons (Fsp3) is 0.458. The number of aryl methyl sites for hydroxylation is 1. The van der Waals surface area contributed by atoms with E-state index in [-0.39, 0.29) is 36.9 Å². The predicted molar refractivity (Wildman–Crippen MR) is 127 cm³/mol. The lowest BCUT2D eigenvalue weighted by molar-refractivity contribution is -0.141. The molecule has 0 radical (unpaired) electrons. The van der Waals surface area contributed by atoms with Crippen LogP contribution < -0.4 is 4.90 Å². The minimum absolute atomic E-state index is 0. The summed E-state index contributed by atoms with van der Waals surface area (Å²) in [5, 5.41) is 0. The molecule has 0 aliphatic carbocycles. The predicted octanol–water partition coefficient (Wildman–Crippen LogP) is 5.05. The number of hydrogen-bond donors (Lipinski definition) is 0. The van der Waals surface area contributed by atoms with Crippen molar-refractivity contribution >= 4 is 36.5 Å². The number of halogens is 2. The van der Waals surface area contributed by atoms with E-state index in [4.69, 9.17) is 4.74 Å². The van der Waals surface area contributed by atoms with Gasteiger partial charge < -0.3 is 9.64 Å². The highest BCUT2D eigenvalue weighted by Gasteiger charge is 2.24. The number of rotatable bonds is 7. The molecule has 1 unspecified atom stereocenters. The smallest absolute Gasteiger partial charge is 0.306 e. The summed E-state index contributed by atoms with van der Waals surface area (Å²) in [4.78, 5) is 16.3. The van der Waals surface area contributed by atoms with Crippen LogP contribution in [0.2, 0.25) is 0 Å². The van der Waals surface area contributed by atoms with Gasteiger partial charge in [0, 0.05) is 38.3 Å². The van der Waals surface area contributed by atoms with Crippen molar-refractivity contribution in [1.82, 2.24) is 4.90 Å². The Morgan fingerprint density at radius 2 is 1.57 bits per heavy atom. The molecular weight excluding hydrogens is 419 g/mol. The van der Waals surface area contributed by atoms with Crippen LogP contribution in [0, 0.1) is 0 Å². The minimum Gasteiger partial charge on any atom is -0.457 e. The number of nitrogens with zero attached hydrogens (tertiary/aromatic N) is 2. The number of esters is 1. The molecule has 2 aromatic carbocycles. The van der Waals surface area contributed by atoms with E-state index in [1.54, 1.807) is 0 Å². The highest BCUT2D eigenvalue weighted by molar-refractivity contribution is 5.85. The van der Waals surface area contributed by atoms with Gasteiger partial charge in [-0.25, -0.2) is 0 Å². The molecule has 0 spiro atoms. The van der Waals surface area contributed by atoms with Crippen LogP contribution >= 0.6 is 24.8 Å². The summed E-state index contributed by atoms with van der Waals surface area (Å²) in [5.41, 5.74) is 3.85. The van der Waals surface area contributed by atoms with E-state index in [0.29, 0.717) is 6.42 Å². The van der Waals surface area contributed by atoms with E-state index < -0.39 is 0 Å². The monoisotopic (exact) mass is 450 g/mol. The van der Waals surface area contributed by atoms with Crippen LogP contribution in [-0.2, 0) is 16.0 Å². The topological polar surface area (TPSA) is 32.8 Å². The number of benzene rings is 2. The van der Waals surface area contributed by atoms with Gasteiger partial charge in [0.05, 0.1) is 0 Å². The number of carbonyl (C=O) groups excluding carboxylic acids is 1. The first-order chi connectivity index (χ1) is 13.8. The summed E-state index contributed by atoms with van der Waals surface area (Å²) < 4.78 is 5.34. The number of para-hydroxylation sites is 1. The van der Waals surface area contributed by atoms with Crippen molar-refractivity contribution in [2.75, 3.05) is 37.6 Å². The van der Waals surface area contributed by atoms with Crippen LogP contribution in [0.4, 0.5) is 5.69 Å². The number of anilines is 1. The number of carbonyl (C=O) groups is 1.